The molecule has 61 heavy (non-hydrogen) atoms. The van der Waals surface area contributed by atoms with Gasteiger partial charge in [-0.25, -0.2) is 4.98 Å². The van der Waals surface area contributed by atoms with Crippen LogP contribution >= 0.6 is 0 Å². The van der Waals surface area contributed by atoms with Crippen molar-refractivity contribution in [3.63, 3.8) is 0 Å². The van der Waals surface area contributed by atoms with Crippen molar-refractivity contribution in [3.05, 3.63) is 223 Å². The monoisotopic (exact) mass is 779 g/mol. The standard InChI is InChI=1S/C58H41N3/c1-2-11-38(12-3-1)41-29-32-47(33-30-41)61-55-20-9-8-17-50(55)53-36-45(31-34-56(53)61)43-27-23-40(24-28-43)39-21-25-42(26-22-39)44-13-10-14-46(35-44)54-37-59-57-51-18-6-4-15-48(51)49-16-5-7-19-52(49)58(57)60-54/h1-23,25-29,31-32,34-37,40H,24,30,33H2. The lowest BCUT2D eigenvalue weighted by molar-refractivity contribution is 0.857. The van der Waals surface area contributed by atoms with Crippen molar-refractivity contribution >= 4 is 71.2 Å². The summed E-state index contributed by atoms with van der Waals surface area (Å²) < 4.78 is 2.48. The number of hydrogen-bond acceptors (Lipinski definition) is 2. The van der Waals surface area contributed by atoms with Crippen molar-refractivity contribution in [3.8, 4) is 22.4 Å². The quantitative estimate of drug-likeness (QED) is 0.157. The molecule has 0 radical (unpaired) electrons. The minimum absolute atomic E-state index is 0.334. The predicted octanol–water partition coefficient (Wildman–Crippen LogP) is 15.2. The molecule has 2 heterocycles. The van der Waals surface area contributed by atoms with E-state index in [2.05, 4.69) is 205 Å². The molecule has 2 aliphatic rings. The molecular weight excluding hydrogens is 739 g/mol. The zero-order valence-electron chi connectivity index (χ0n) is 33.7. The van der Waals surface area contributed by atoms with Crippen LogP contribution in [0.25, 0.3) is 93.6 Å². The van der Waals surface area contributed by atoms with Gasteiger partial charge in [-0.05, 0) is 99.3 Å². The van der Waals surface area contributed by atoms with Crippen LogP contribution in [-0.2, 0) is 0 Å². The van der Waals surface area contributed by atoms with Crippen LogP contribution in [0.3, 0.4) is 0 Å². The lowest BCUT2D eigenvalue weighted by atomic mass is 9.87. The molecule has 0 aliphatic heterocycles. The van der Waals surface area contributed by atoms with Crippen molar-refractivity contribution in [2.45, 2.75) is 25.2 Å². The number of benzene rings is 8. The van der Waals surface area contributed by atoms with E-state index >= 15 is 0 Å². The molecule has 2 aliphatic carbocycles. The van der Waals surface area contributed by atoms with E-state index < -0.39 is 0 Å². The summed E-state index contributed by atoms with van der Waals surface area (Å²) in [5.74, 6) is 0.334. The first kappa shape index (κ1) is 35.3. The van der Waals surface area contributed by atoms with Crippen LogP contribution < -0.4 is 0 Å². The van der Waals surface area contributed by atoms with Gasteiger partial charge in [-0.3, -0.25) is 4.98 Å². The van der Waals surface area contributed by atoms with Crippen LogP contribution in [0.2, 0.25) is 0 Å². The summed E-state index contributed by atoms with van der Waals surface area (Å²) in [6, 6.07) is 61.5. The van der Waals surface area contributed by atoms with E-state index in [0.29, 0.717) is 5.92 Å². The van der Waals surface area contributed by atoms with Crippen molar-refractivity contribution < 1.29 is 0 Å². The van der Waals surface area contributed by atoms with Gasteiger partial charge >= 0.3 is 0 Å². The topological polar surface area (TPSA) is 30.7 Å². The van der Waals surface area contributed by atoms with Gasteiger partial charge in [-0.15, -0.1) is 0 Å². The van der Waals surface area contributed by atoms with Gasteiger partial charge in [-0.1, -0.05) is 170 Å². The van der Waals surface area contributed by atoms with E-state index in [1.54, 1.807) is 0 Å². The van der Waals surface area contributed by atoms with E-state index in [1.165, 1.54) is 77.2 Å². The van der Waals surface area contributed by atoms with E-state index in [9.17, 15) is 0 Å². The Hall–Kier alpha value is -7.62. The molecule has 8 aromatic carbocycles. The first-order chi connectivity index (χ1) is 30.2. The second-order valence-corrected chi connectivity index (χ2v) is 16.4. The third-order valence-corrected chi connectivity index (χ3v) is 12.9. The molecule has 3 heteroatoms. The van der Waals surface area contributed by atoms with Crippen molar-refractivity contribution in [1.82, 2.24) is 14.5 Å². The fourth-order valence-electron chi connectivity index (χ4n) is 9.79. The molecule has 1 atom stereocenters. The lowest BCUT2D eigenvalue weighted by Crippen LogP contribution is -2.01. The van der Waals surface area contributed by atoms with Crippen LogP contribution in [0.15, 0.2) is 206 Å². The Labute approximate surface area is 355 Å². The maximum absolute atomic E-state index is 5.24. The van der Waals surface area contributed by atoms with Crippen molar-refractivity contribution in [1.29, 1.82) is 0 Å². The van der Waals surface area contributed by atoms with Gasteiger partial charge in [0.05, 0.1) is 34.0 Å². The van der Waals surface area contributed by atoms with Crippen LogP contribution in [0.5, 0.6) is 0 Å². The first-order valence-electron chi connectivity index (χ1n) is 21.4. The van der Waals surface area contributed by atoms with Gasteiger partial charge in [0.15, 0.2) is 0 Å². The Morgan fingerprint density at radius 2 is 1.15 bits per heavy atom. The van der Waals surface area contributed by atoms with Crippen LogP contribution in [0.1, 0.15) is 41.9 Å². The molecule has 0 fully saturated rings. The van der Waals surface area contributed by atoms with Gasteiger partial charge < -0.3 is 4.57 Å². The Bertz CT molecular complexity index is 3450. The second kappa shape index (κ2) is 14.6. The highest BCUT2D eigenvalue weighted by atomic mass is 15.0. The molecule has 0 amide bonds. The van der Waals surface area contributed by atoms with Crippen LogP contribution in [0, 0.1) is 0 Å². The van der Waals surface area contributed by atoms with Crippen molar-refractivity contribution in [2.75, 3.05) is 0 Å². The molecule has 288 valence electrons. The average Bonchev–Trinajstić information content (AvgIpc) is 3.68. The Kier molecular flexibility index (Phi) is 8.45. The third-order valence-electron chi connectivity index (χ3n) is 12.9. The zero-order valence-corrected chi connectivity index (χ0v) is 33.7. The summed E-state index contributed by atoms with van der Waals surface area (Å²) in [4.78, 5) is 10.2. The van der Waals surface area contributed by atoms with Gasteiger partial charge in [0.1, 0.15) is 0 Å². The highest BCUT2D eigenvalue weighted by Gasteiger charge is 2.19. The third kappa shape index (κ3) is 6.12. The Balaban J connectivity index is 0.793. The number of aromatic nitrogens is 3. The number of fused-ring (bicyclic) bond motifs is 9. The SMILES string of the molecule is C1=CC(c2ccc(-c3cccc(-c4cnc5c6ccccc6c6ccccc6c5n4)c3)cc2)CC=C1c1ccc2c(c1)c1ccccc1n2C1=CC=C(c2ccccc2)CC1. The number of hydrogen-bond donors (Lipinski definition) is 0. The molecular formula is C58H41N3. The Morgan fingerprint density at radius 1 is 0.475 bits per heavy atom. The fourth-order valence-corrected chi connectivity index (χ4v) is 9.79. The molecule has 10 aromatic rings. The van der Waals surface area contributed by atoms with Gasteiger partial charge in [-0.2, -0.15) is 0 Å². The first-order valence-corrected chi connectivity index (χ1v) is 21.4. The van der Waals surface area contributed by atoms with E-state index in [1.807, 2.05) is 6.20 Å². The maximum Gasteiger partial charge on any atom is 0.0979 e. The summed E-state index contributed by atoms with van der Waals surface area (Å²) in [5.41, 5.74) is 16.7. The Morgan fingerprint density at radius 3 is 1.90 bits per heavy atom. The second-order valence-electron chi connectivity index (χ2n) is 16.4. The molecule has 3 nitrogen and oxygen atoms in total. The van der Waals surface area contributed by atoms with Crippen molar-refractivity contribution in [2.24, 2.45) is 0 Å². The van der Waals surface area contributed by atoms with E-state index in [4.69, 9.17) is 9.97 Å². The summed E-state index contributed by atoms with van der Waals surface area (Å²) in [7, 11) is 0. The van der Waals surface area contributed by atoms with Gasteiger partial charge in [0.2, 0.25) is 0 Å². The fraction of sp³-hybridized carbons (Fsp3) is 0.0690. The molecule has 1 unspecified atom stereocenters. The number of nitrogens with zero attached hydrogens (tertiary/aromatic N) is 3. The highest BCUT2D eigenvalue weighted by molar-refractivity contribution is 6.23. The molecule has 12 rings (SSSR count). The molecule has 0 saturated heterocycles. The summed E-state index contributed by atoms with van der Waals surface area (Å²) in [6.45, 7) is 0. The smallest absolute Gasteiger partial charge is 0.0979 e. The summed E-state index contributed by atoms with van der Waals surface area (Å²) >= 11 is 0. The van der Waals surface area contributed by atoms with E-state index in [-0.39, 0.29) is 0 Å². The maximum atomic E-state index is 5.24. The van der Waals surface area contributed by atoms with Crippen LogP contribution in [-0.4, -0.2) is 14.5 Å². The highest BCUT2D eigenvalue weighted by Crippen LogP contribution is 2.40. The van der Waals surface area contributed by atoms with Crippen LogP contribution in [0.4, 0.5) is 0 Å². The molecule has 2 aromatic heterocycles. The average molecular weight is 780 g/mol. The molecule has 0 N–H and O–H groups in total. The summed E-state index contributed by atoms with van der Waals surface area (Å²) in [5, 5.41) is 7.28. The minimum Gasteiger partial charge on any atom is -0.313 e. The lowest BCUT2D eigenvalue weighted by Gasteiger charge is -2.19. The van der Waals surface area contributed by atoms with Gasteiger partial charge in [0, 0.05) is 38.7 Å². The molecule has 0 spiro atoms. The largest absolute Gasteiger partial charge is 0.313 e. The predicted molar refractivity (Wildman–Crippen MR) is 257 cm³/mol. The minimum atomic E-state index is 0.334. The number of rotatable bonds is 6. The van der Waals surface area contributed by atoms with E-state index in [0.717, 1.165) is 52.3 Å². The molecule has 0 saturated carbocycles. The summed E-state index contributed by atoms with van der Waals surface area (Å²) in [6.07, 6.45) is 16.7. The molecule has 0 bridgehead atoms. The van der Waals surface area contributed by atoms with Gasteiger partial charge in [0.25, 0.3) is 0 Å². The number of allylic oxidation sites excluding steroid dienone is 8. The zero-order chi connectivity index (χ0) is 40.3. The normalized spacial score (nSPS) is 15.4. The number of para-hydroxylation sites is 1.